The number of rotatable bonds is 9. The van der Waals surface area contributed by atoms with E-state index in [2.05, 4.69) is 36.3 Å². The average molecular weight is 534 g/mol. The smallest absolute Gasteiger partial charge is 0.232 e. The van der Waals surface area contributed by atoms with Crippen molar-refractivity contribution in [2.24, 2.45) is 0 Å². The van der Waals surface area contributed by atoms with Gasteiger partial charge in [-0.05, 0) is 62.1 Å². The van der Waals surface area contributed by atoms with Gasteiger partial charge in [0.05, 0.1) is 23.3 Å². The molecule has 12 heteroatoms. The molecule has 0 atom stereocenters. The van der Waals surface area contributed by atoms with Crippen LogP contribution in [0, 0.1) is 24.1 Å². The molecule has 3 N–H and O–H groups in total. The van der Waals surface area contributed by atoms with Gasteiger partial charge in [-0.25, -0.2) is 17.8 Å². The highest BCUT2D eigenvalue weighted by Crippen LogP contribution is 2.51. The first-order valence-corrected chi connectivity index (χ1v) is 13.5. The molecule has 0 saturated heterocycles. The van der Waals surface area contributed by atoms with E-state index in [0.717, 1.165) is 5.56 Å². The lowest BCUT2D eigenvalue weighted by Gasteiger charge is -2.22. The van der Waals surface area contributed by atoms with Crippen LogP contribution in [0.1, 0.15) is 36.5 Å². The number of nitriles is 1. The van der Waals surface area contributed by atoms with Crippen molar-refractivity contribution in [1.82, 2.24) is 20.2 Å². The Morgan fingerprint density at radius 1 is 1.21 bits per heavy atom. The van der Waals surface area contributed by atoms with Crippen LogP contribution in [0.3, 0.4) is 0 Å². The molecule has 1 saturated carbocycles. The summed E-state index contributed by atoms with van der Waals surface area (Å²) in [5.74, 6) is 0.535. The zero-order valence-corrected chi connectivity index (χ0v) is 21.4. The predicted molar refractivity (Wildman–Crippen MR) is 140 cm³/mol. The van der Waals surface area contributed by atoms with E-state index in [4.69, 9.17) is 4.74 Å². The molecule has 1 fully saturated rings. The number of benzene rings is 2. The van der Waals surface area contributed by atoms with Crippen molar-refractivity contribution in [2.75, 3.05) is 15.8 Å². The molecule has 194 valence electrons. The standard InChI is InChI=1S/C26H24FN7O3S/c1-3-38(35,36)34-21-7-4-17(24-19(14-28)25(33-32-24)31-23-15-29-10-11-30-23)13-22(21)37-26(8-9-26)18-5-6-20(27)16(2)12-18/h4-7,10-13,15,34H,3,8-9H2,1-2H3,(H2,30,31,32,33). The lowest BCUT2D eigenvalue weighted by molar-refractivity contribution is 0.182. The highest BCUT2D eigenvalue weighted by Gasteiger charge is 2.48. The molecule has 5 rings (SSSR count). The van der Waals surface area contributed by atoms with Gasteiger partial charge in [0.1, 0.15) is 34.6 Å². The van der Waals surface area contributed by atoms with Gasteiger partial charge in [0.2, 0.25) is 10.0 Å². The average Bonchev–Trinajstić information content (AvgIpc) is 3.58. The summed E-state index contributed by atoms with van der Waals surface area (Å²) in [5, 5.41) is 20.0. The van der Waals surface area contributed by atoms with Crippen LogP contribution in [0.5, 0.6) is 5.75 Å². The minimum absolute atomic E-state index is 0.118. The van der Waals surface area contributed by atoms with Gasteiger partial charge in [-0.15, -0.1) is 0 Å². The Morgan fingerprint density at radius 2 is 2.03 bits per heavy atom. The third-order valence-corrected chi connectivity index (χ3v) is 7.59. The molecule has 38 heavy (non-hydrogen) atoms. The quantitative estimate of drug-likeness (QED) is 0.279. The maximum Gasteiger partial charge on any atom is 0.232 e. The summed E-state index contributed by atoms with van der Waals surface area (Å²) in [7, 11) is -3.60. The molecule has 2 aromatic carbocycles. The largest absolute Gasteiger partial charge is 0.480 e. The number of aryl methyl sites for hydroxylation is 1. The van der Waals surface area contributed by atoms with Gasteiger partial charge in [0.25, 0.3) is 0 Å². The molecule has 1 aliphatic rings. The summed E-state index contributed by atoms with van der Waals surface area (Å²) in [6, 6.07) is 11.9. The molecular weight excluding hydrogens is 509 g/mol. The summed E-state index contributed by atoms with van der Waals surface area (Å²) in [4.78, 5) is 8.14. The molecule has 0 spiro atoms. The second-order valence-electron chi connectivity index (χ2n) is 8.93. The molecule has 0 amide bonds. The molecule has 0 unspecified atom stereocenters. The number of nitrogens with one attached hydrogen (secondary N) is 3. The fraction of sp³-hybridized carbons (Fsp3) is 0.231. The maximum atomic E-state index is 13.9. The van der Waals surface area contributed by atoms with Crippen molar-refractivity contribution in [2.45, 2.75) is 32.3 Å². The summed E-state index contributed by atoms with van der Waals surface area (Å²) < 4.78 is 47.7. The van der Waals surface area contributed by atoms with Crippen molar-refractivity contribution >= 4 is 27.3 Å². The molecule has 2 aromatic heterocycles. The zero-order chi connectivity index (χ0) is 26.9. The SMILES string of the molecule is CCS(=O)(=O)Nc1ccc(-c2[nH]nc(Nc3cnccn3)c2C#N)cc1OC1(c2ccc(F)c(C)c2)CC1. The minimum Gasteiger partial charge on any atom is -0.480 e. The number of aromatic nitrogens is 4. The summed E-state index contributed by atoms with van der Waals surface area (Å²) in [5.41, 5.74) is 2.06. The van der Waals surface area contributed by atoms with Gasteiger partial charge >= 0.3 is 0 Å². The van der Waals surface area contributed by atoms with E-state index in [9.17, 15) is 18.1 Å². The van der Waals surface area contributed by atoms with Gasteiger partial charge < -0.3 is 10.1 Å². The van der Waals surface area contributed by atoms with Gasteiger partial charge in [0.15, 0.2) is 5.82 Å². The van der Waals surface area contributed by atoms with Crippen LogP contribution >= 0.6 is 0 Å². The first-order chi connectivity index (χ1) is 18.2. The summed E-state index contributed by atoms with van der Waals surface area (Å²) >= 11 is 0. The molecule has 4 aromatic rings. The topological polar surface area (TPSA) is 146 Å². The van der Waals surface area contributed by atoms with Crippen LogP contribution < -0.4 is 14.8 Å². The van der Waals surface area contributed by atoms with E-state index in [-0.39, 0.29) is 34.4 Å². The first kappa shape index (κ1) is 25.2. The minimum atomic E-state index is -3.60. The van der Waals surface area contributed by atoms with Crippen LogP contribution in [-0.2, 0) is 15.6 Å². The van der Waals surface area contributed by atoms with Gasteiger partial charge in [-0.1, -0.05) is 12.1 Å². The van der Waals surface area contributed by atoms with Gasteiger partial charge in [0, 0.05) is 18.0 Å². The van der Waals surface area contributed by atoms with Crippen LogP contribution in [-0.4, -0.2) is 34.3 Å². The third kappa shape index (κ3) is 5.01. The molecule has 0 radical (unpaired) electrons. The predicted octanol–water partition coefficient (Wildman–Crippen LogP) is 4.76. The first-order valence-electron chi connectivity index (χ1n) is 11.9. The Labute approximate surface area is 219 Å². The molecule has 2 heterocycles. The van der Waals surface area contributed by atoms with E-state index in [1.54, 1.807) is 37.3 Å². The number of hydrogen-bond acceptors (Lipinski definition) is 8. The monoisotopic (exact) mass is 533 g/mol. The molecular formula is C26H24FN7O3S. The lowest BCUT2D eigenvalue weighted by Crippen LogP contribution is -2.19. The molecule has 10 nitrogen and oxygen atoms in total. The van der Waals surface area contributed by atoms with Crippen molar-refractivity contribution < 1.29 is 17.5 Å². The van der Waals surface area contributed by atoms with E-state index >= 15 is 0 Å². The van der Waals surface area contributed by atoms with E-state index in [1.165, 1.54) is 31.6 Å². The van der Waals surface area contributed by atoms with Crippen molar-refractivity contribution in [3.8, 4) is 23.1 Å². The van der Waals surface area contributed by atoms with Gasteiger partial charge in [-0.2, -0.15) is 10.4 Å². The zero-order valence-electron chi connectivity index (χ0n) is 20.6. The number of halogens is 1. The number of nitrogens with zero attached hydrogens (tertiary/aromatic N) is 4. The highest BCUT2D eigenvalue weighted by molar-refractivity contribution is 7.92. The second kappa shape index (κ2) is 9.75. The molecule has 0 aliphatic heterocycles. The number of aromatic amines is 1. The Morgan fingerprint density at radius 3 is 2.68 bits per heavy atom. The van der Waals surface area contributed by atoms with E-state index in [0.29, 0.717) is 35.5 Å². The van der Waals surface area contributed by atoms with Crippen LogP contribution in [0.4, 0.5) is 21.7 Å². The number of hydrogen-bond donors (Lipinski definition) is 3. The fourth-order valence-electron chi connectivity index (χ4n) is 4.02. The summed E-state index contributed by atoms with van der Waals surface area (Å²) in [6.07, 6.45) is 5.91. The van der Waals surface area contributed by atoms with Crippen molar-refractivity contribution in [3.05, 3.63) is 77.5 Å². The fourth-order valence-corrected chi connectivity index (χ4v) is 4.67. The Bertz CT molecular complexity index is 1650. The third-order valence-electron chi connectivity index (χ3n) is 6.30. The van der Waals surface area contributed by atoms with Crippen LogP contribution in [0.25, 0.3) is 11.3 Å². The van der Waals surface area contributed by atoms with Crippen molar-refractivity contribution in [1.29, 1.82) is 5.26 Å². The highest BCUT2D eigenvalue weighted by atomic mass is 32.2. The second-order valence-corrected chi connectivity index (χ2v) is 10.9. The lowest BCUT2D eigenvalue weighted by atomic mass is 10.0. The van der Waals surface area contributed by atoms with Crippen LogP contribution in [0.2, 0.25) is 0 Å². The van der Waals surface area contributed by atoms with E-state index < -0.39 is 15.6 Å². The Kier molecular flexibility index (Phi) is 6.46. The maximum absolute atomic E-state index is 13.9. The number of H-pyrrole nitrogens is 1. The van der Waals surface area contributed by atoms with E-state index in [1.807, 2.05) is 0 Å². The summed E-state index contributed by atoms with van der Waals surface area (Å²) in [6.45, 7) is 3.22. The molecule has 1 aliphatic carbocycles. The normalized spacial score (nSPS) is 13.9. The Balaban J connectivity index is 1.54. The molecule has 0 bridgehead atoms. The van der Waals surface area contributed by atoms with Crippen molar-refractivity contribution in [3.63, 3.8) is 0 Å². The number of anilines is 3. The number of ether oxygens (including phenoxy) is 1. The Hall–Kier alpha value is -4.50. The van der Waals surface area contributed by atoms with Crippen LogP contribution in [0.15, 0.2) is 55.0 Å². The number of sulfonamides is 1. The van der Waals surface area contributed by atoms with Gasteiger partial charge in [-0.3, -0.25) is 14.8 Å².